The Bertz CT molecular complexity index is 877. The van der Waals surface area contributed by atoms with Gasteiger partial charge in [-0.3, -0.25) is 9.36 Å². The number of halogens is 1. The lowest BCUT2D eigenvalue weighted by molar-refractivity contribution is 0.557. The largest absolute Gasteiger partial charge is 0.287 e. The van der Waals surface area contributed by atoms with Crippen LogP contribution in [0.5, 0.6) is 0 Å². The van der Waals surface area contributed by atoms with Gasteiger partial charge in [-0.1, -0.05) is 53.3 Å². The molecule has 1 aromatic carbocycles. The van der Waals surface area contributed by atoms with Crippen LogP contribution in [0.2, 0.25) is 4.34 Å². The van der Waals surface area contributed by atoms with Crippen molar-refractivity contribution in [2.75, 3.05) is 0 Å². The summed E-state index contributed by atoms with van der Waals surface area (Å²) in [6.45, 7) is 2.77. The zero-order chi connectivity index (χ0) is 16.2. The van der Waals surface area contributed by atoms with Crippen LogP contribution in [0.1, 0.15) is 25.5 Å². The fraction of sp³-hybridized carbons (Fsp3) is 0.333. The highest BCUT2D eigenvalue weighted by molar-refractivity contribution is 7.98. The number of thioether (sulfide) groups is 1. The standard InChI is InChI=1S/C15H15ClN4OS2/c1-2-3-8-20-14(21)10-6-4-5-7-11(10)17-15(20)22-9-12-13(16)23-19-18-12/h4-7H,2-3,8-9H2,1H3. The lowest BCUT2D eigenvalue weighted by Gasteiger charge is -2.12. The lowest BCUT2D eigenvalue weighted by atomic mass is 10.2. The van der Waals surface area contributed by atoms with Gasteiger partial charge in [0.2, 0.25) is 0 Å². The van der Waals surface area contributed by atoms with E-state index in [2.05, 4.69) is 21.5 Å². The van der Waals surface area contributed by atoms with Crippen molar-refractivity contribution in [2.45, 2.75) is 37.2 Å². The molecule has 0 atom stereocenters. The second kappa shape index (κ2) is 7.42. The first-order valence-corrected chi connectivity index (χ1v) is 9.43. The van der Waals surface area contributed by atoms with Crippen molar-refractivity contribution in [3.8, 4) is 0 Å². The van der Waals surface area contributed by atoms with E-state index < -0.39 is 0 Å². The van der Waals surface area contributed by atoms with Gasteiger partial charge in [0.1, 0.15) is 10.0 Å². The summed E-state index contributed by atoms with van der Waals surface area (Å²) in [7, 11) is 0. The monoisotopic (exact) mass is 366 g/mol. The minimum Gasteiger partial charge on any atom is -0.287 e. The van der Waals surface area contributed by atoms with Gasteiger partial charge >= 0.3 is 0 Å². The molecule has 5 nitrogen and oxygen atoms in total. The molecule has 0 radical (unpaired) electrons. The van der Waals surface area contributed by atoms with Crippen molar-refractivity contribution in [1.29, 1.82) is 0 Å². The lowest BCUT2D eigenvalue weighted by Crippen LogP contribution is -2.23. The fourth-order valence-corrected chi connectivity index (χ4v) is 3.95. The van der Waals surface area contributed by atoms with Crippen molar-refractivity contribution in [2.24, 2.45) is 0 Å². The van der Waals surface area contributed by atoms with Crippen LogP contribution >= 0.6 is 34.9 Å². The molecule has 0 fully saturated rings. The molecule has 120 valence electrons. The van der Waals surface area contributed by atoms with E-state index in [1.807, 2.05) is 24.3 Å². The molecule has 0 saturated heterocycles. The van der Waals surface area contributed by atoms with Crippen LogP contribution in [0.4, 0.5) is 0 Å². The zero-order valence-electron chi connectivity index (χ0n) is 12.5. The summed E-state index contributed by atoms with van der Waals surface area (Å²) < 4.78 is 6.17. The molecule has 0 unspecified atom stereocenters. The van der Waals surface area contributed by atoms with Crippen LogP contribution in [0.15, 0.2) is 34.2 Å². The van der Waals surface area contributed by atoms with E-state index in [9.17, 15) is 4.79 Å². The maximum absolute atomic E-state index is 12.7. The summed E-state index contributed by atoms with van der Waals surface area (Å²) in [6, 6.07) is 7.44. The number of unbranched alkanes of at least 4 members (excludes halogenated alkanes) is 1. The van der Waals surface area contributed by atoms with Gasteiger partial charge in [0.25, 0.3) is 5.56 Å². The Balaban J connectivity index is 1.99. The quantitative estimate of drug-likeness (QED) is 0.487. The van der Waals surface area contributed by atoms with E-state index in [1.165, 1.54) is 23.3 Å². The highest BCUT2D eigenvalue weighted by atomic mass is 35.5. The van der Waals surface area contributed by atoms with Crippen molar-refractivity contribution in [3.05, 3.63) is 44.6 Å². The number of benzene rings is 1. The van der Waals surface area contributed by atoms with Gasteiger partial charge in [0, 0.05) is 23.8 Å². The number of nitrogens with zero attached hydrogens (tertiary/aromatic N) is 4. The Labute approximate surface area is 146 Å². The molecule has 0 aliphatic rings. The molecule has 3 aromatic rings. The molecule has 23 heavy (non-hydrogen) atoms. The third-order valence-corrected chi connectivity index (χ3v) is 5.38. The molecule has 8 heteroatoms. The highest BCUT2D eigenvalue weighted by Gasteiger charge is 2.13. The SMILES string of the molecule is CCCCn1c(SCc2nnsc2Cl)nc2ccccc2c1=O. The van der Waals surface area contributed by atoms with Crippen LogP contribution in [-0.2, 0) is 12.3 Å². The van der Waals surface area contributed by atoms with Crippen LogP contribution < -0.4 is 5.56 Å². The van der Waals surface area contributed by atoms with Gasteiger partial charge in [0.05, 0.1) is 10.9 Å². The predicted octanol–water partition coefficient (Wildman–Crippen LogP) is 3.99. The third kappa shape index (κ3) is 3.57. The van der Waals surface area contributed by atoms with Crippen molar-refractivity contribution in [3.63, 3.8) is 0 Å². The summed E-state index contributed by atoms with van der Waals surface area (Å²) in [5.74, 6) is 0.548. The molecule has 0 bridgehead atoms. The summed E-state index contributed by atoms with van der Waals surface area (Å²) >= 11 is 8.68. The second-order valence-electron chi connectivity index (χ2n) is 5.00. The van der Waals surface area contributed by atoms with E-state index >= 15 is 0 Å². The summed E-state index contributed by atoms with van der Waals surface area (Å²) in [5, 5.41) is 5.36. The molecule has 0 spiro atoms. The molecular formula is C15H15ClN4OS2. The van der Waals surface area contributed by atoms with Crippen molar-refractivity contribution < 1.29 is 0 Å². The molecular weight excluding hydrogens is 352 g/mol. The smallest absolute Gasteiger partial charge is 0.262 e. The van der Waals surface area contributed by atoms with Gasteiger partial charge in [-0.05, 0) is 18.6 Å². The molecule has 0 saturated carbocycles. The first-order valence-electron chi connectivity index (χ1n) is 7.29. The third-order valence-electron chi connectivity index (χ3n) is 3.41. The van der Waals surface area contributed by atoms with E-state index in [-0.39, 0.29) is 5.56 Å². The normalized spacial score (nSPS) is 11.2. The van der Waals surface area contributed by atoms with Gasteiger partial charge in [-0.2, -0.15) is 0 Å². The predicted molar refractivity (Wildman–Crippen MR) is 95.4 cm³/mol. The minimum absolute atomic E-state index is 0.00838. The van der Waals surface area contributed by atoms with Crippen molar-refractivity contribution in [1.82, 2.24) is 19.1 Å². The Morgan fingerprint density at radius 1 is 1.35 bits per heavy atom. The van der Waals surface area contributed by atoms with Gasteiger partial charge in [0.15, 0.2) is 5.16 Å². The summed E-state index contributed by atoms with van der Waals surface area (Å²) in [6.07, 6.45) is 1.96. The molecule has 3 rings (SSSR count). The Morgan fingerprint density at radius 2 is 2.17 bits per heavy atom. The Kier molecular flexibility index (Phi) is 5.30. The summed E-state index contributed by atoms with van der Waals surface area (Å²) in [4.78, 5) is 17.4. The molecule has 0 amide bonds. The number of para-hydroxylation sites is 1. The fourth-order valence-electron chi connectivity index (χ4n) is 2.19. The van der Waals surface area contributed by atoms with Crippen LogP contribution in [0.3, 0.4) is 0 Å². The maximum atomic E-state index is 12.7. The van der Waals surface area contributed by atoms with Gasteiger partial charge < -0.3 is 0 Å². The molecule has 0 N–H and O–H groups in total. The molecule has 0 aliphatic heterocycles. The van der Waals surface area contributed by atoms with Crippen LogP contribution in [-0.4, -0.2) is 19.1 Å². The average molecular weight is 367 g/mol. The molecule has 2 heterocycles. The number of hydrogen-bond acceptors (Lipinski definition) is 6. The molecule has 2 aromatic heterocycles. The topological polar surface area (TPSA) is 60.7 Å². The van der Waals surface area contributed by atoms with Crippen molar-refractivity contribution >= 4 is 45.8 Å². The number of aromatic nitrogens is 4. The zero-order valence-corrected chi connectivity index (χ0v) is 14.9. The number of fused-ring (bicyclic) bond motifs is 1. The van der Waals surface area contributed by atoms with Crippen LogP contribution in [0, 0.1) is 0 Å². The Morgan fingerprint density at radius 3 is 2.91 bits per heavy atom. The van der Waals surface area contributed by atoms with E-state index in [1.54, 1.807) is 4.57 Å². The van der Waals surface area contributed by atoms with Gasteiger partial charge in [-0.15, -0.1) is 5.10 Å². The van der Waals surface area contributed by atoms with E-state index in [4.69, 9.17) is 11.6 Å². The van der Waals surface area contributed by atoms with E-state index in [0.717, 1.165) is 24.1 Å². The number of rotatable bonds is 6. The average Bonchev–Trinajstić information content (AvgIpc) is 2.97. The first kappa shape index (κ1) is 16.4. The molecule has 0 aliphatic carbocycles. The first-order chi connectivity index (χ1) is 11.2. The maximum Gasteiger partial charge on any atom is 0.262 e. The highest BCUT2D eigenvalue weighted by Crippen LogP contribution is 2.26. The summed E-state index contributed by atoms with van der Waals surface area (Å²) in [5.41, 5.74) is 1.45. The second-order valence-corrected chi connectivity index (χ2v) is 7.30. The Hall–Kier alpha value is -1.44. The van der Waals surface area contributed by atoms with Gasteiger partial charge in [-0.25, -0.2) is 4.98 Å². The van der Waals surface area contributed by atoms with Crippen LogP contribution in [0.25, 0.3) is 10.9 Å². The number of hydrogen-bond donors (Lipinski definition) is 0. The van der Waals surface area contributed by atoms with E-state index in [0.29, 0.717) is 27.2 Å². The minimum atomic E-state index is 0.00838.